The summed E-state index contributed by atoms with van der Waals surface area (Å²) >= 11 is 0. The molecule has 1 fully saturated rings. The lowest BCUT2D eigenvalue weighted by Gasteiger charge is -2.24. The number of rotatable bonds is 5. The quantitative estimate of drug-likeness (QED) is 0.673. The van der Waals surface area contributed by atoms with Gasteiger partial charge in [-0.2, -0.15) is 10.5 Å². The van der Waals surface area contributed by atoms with Crippen molar-refractivity contribution in [3.63, 3.8) is 0 Å². The van der Waals surface area contributed by atoms with Crippen LogP contribution in [-0.4, -0.2) is 36.5 Å². The van der Waals surface area contributed by atoms with Gasteiger partial charge in [0.1, 0.15) is 5.54 Å². The molecule has 0 aromatic heterocycles. The van der Waals surface area contributed by atoms with Crippen LogP contribution in [0, 0.1) is 28.6 Å². The molecule has 5 heteroatoms. The van der Waals surface area contributed by atoms with Crippen LogP contribution >= 0.6 is 0 Å². The van der Waals surface area contributed by atoms with E-state index in [0.717, 1.165) is 12.8 Å². The van der Waals surface area contributed by atoms with E-state index in [1.807, 2.05) is 6.07 Å². The van der Waals surface area contributed by atoms with Crippen LogP contribution in [0.2, 0.25) is 0 Å². The molecule has 86 valence electrons. The van der Waals surface area contributed by atoms with Gasteiger partial charge in [-0.3, -0.25) is 9.69 Å². The molecule has 1 aliphatic carbocycles. The highest BCUT2D eigenvalue weighted by Crippen LogP contribution is 2.39. The average Bonchev–Trinajstić information content (AvgIpc) is 3.00. The van der Waals surface area contributed by atoms with Crippen LogP contribution in [0.15, 0.2) is 0 Å². The van der Waals surface area contributed by atoms with Crippen molar-refractivity contribution in [2.75, 3.05) is 20.1 Å². The van der Waals surface area contributed by atoms with Crippen LogP contribution in [0.25, 0.3) is 0 Å². The monoisotopic (exact) mass is 220 g/mol. The Bertz CT molecular complexity index is 350. The van der Waals surface area contributed by atoms with Gasteiger partial charge in [-0.1, -0.05) is 0 Å². The molecule has 0 bridgehead atoms. The fraction of sp³-hybridized carbons (Fsp3) is 0.727. The minimum atomic E-state index is -0.745. The molecule has 0 heterocycles. The Balaban J connectivity index is 2.44. The molecule has 1 rings (SSSR count). The van der Waals surface area contributed by atoms with E-state index in [1.165, 1.54) is 0 Å². The summed E-state index contributed by atoms with van der Waals surface area (Å²) in [5.74, 6) is 0.0800. The molecule has 1 aliphatic rings. The smallest absolute Gasteiger partial charge is 0.235 e. The van der Waals surface area contributed by atoms with Crippen LogP contribution in [0.1, 0.15) is 19.8 Å². The Labute approximate surface area is 95.6 Å². The predicted molar refractivity (Wildman–Crippen MR) is 58.0 cm³/mol. The number of likely N-dealkylation sites (N-methyl/N-ethyl adjacent to an activating group) is 1. The number of nitriles is 2. The van der Waals surface area contributed by atoms with E-state index in [1.54, 1.807) is 18.9 Å². The summed E-state index contributed by atoms with van der Waals surface area (Å²) in [5, 5.41) is 20.2. The van der Waals surface area contributed by atoms with E-state index in [-0.39, 0.29) is 24.9 Å². The Morgan fingerprint density at radius 1 is 1.56 bits per heavy atom. The molecule has 1 unspecified atom stereocenters. The number of hydrogen-bond acceptors (Lipinski definition) is 4. The van der Waals surface area contributed by atoms with Gasteiger partial charge in [0, 0.05) is 0 Å². The van der Waals surface area contributed by atoms with Crippen LogP contribution in [0.3, 0.4) is 0 Å². The Morgan fingerprint density at radius 3 is 2.62 bits per heavy atom. The number of carbonyl (C=O) groups is 1. The van der Waals surface area contributed by atoms with E-state index in [9.17, 15) is 4.79 Å². The number of carbonyl (C=O) groups excluding carboxylic acids is 1. The van der Waals surface area contributed by atoms with Gasteiger partial charge >= 0.3 is 0 Å². The average molecular weight is 220 g/mol. The van der Waals surface area contributed by atoms with Crippen molar-refractivity contribution in [2.45, 2.75) is 25.3 Å². The zero-order valence-electron chi connectivity index (χ0n) is 9.66. The summed E-state index contributed by atoms with van der Waals surface area (Å²) in [6.07, 6.45) is 2.00. The highest BCUT2D eigenvalue weighted by Gasteiger charge is 2.42. The van der Waals surface area contributed by atoms with E-state index in [0.29, 0.717) is 0 Å². The second-order valence-electron chi connectivity index (χ2n) is 4.47. The summed E-state index contributed by atoms with van der Waals surface area (Å²) in [6.45, 7) is 2.12. The largest absolute Gasteiger partial charge is 0.337 e. The zero-order chi connectivity index (χ0) is 12.2. The summed E-state index contributed by atoms with van der Waals surface area (Å²) < 4.78 is 0. The molecular weight excluding hydrogens is 204 g/mol. The van der Waals surface area contributed by atoms with Crippen LogP contribution in [-0.2, 0) is 4.79 Å². The second-order valence-corrected chi connectivity index (χ2v) is 4.47. The van der Waals surface area contributed by atoms with Crippen molar-refractivity contribution in [1.29, 1.82) is 10.5 Å². The SMILES string of the molecule is CN(CC#N)CC(=O)NC(C)(C#N)C1CC1. The highest BCUT2D eigenvalue weighted by atomic mass is 16.2. The molecule has 0 aliphatic heterocycles. The number of nitrogens with zero attached hydrogens (tertiary/aromatic N) is 3. The molecule has 1 atom stereocenters. The molecule has 0 aromatic carbocycles. The van der Waals surface area contributed by atoms with Gasteiger partial charge in [-0.15, -0.1) is 0 Å². The standard InChI is InChI=1S/C11H16N4O/c1-11(8-13,9-3-4-9)14-10(16)7-15(2)6-5-12/h9H,3-4,6-7H2,1-2H3,(H,14,16). The molecule has 0 spiro atoms. The van der Waals surface area contributed by atoms with Gasteiger partial charge in [0.05, 0.1) is 25.2 Å². The van der Waals surface area contributed by atoms with Crippen molar-refractivity contribution in [2.24, 2.45) is 5.92 Å². The molecular formula is C11H16N4O. The first-order chi connectivity index (χ1) is 7.51. The molecule has 0 aromatic rings. The molecule has 5 nitrogen and oxygen atoms in total. The summed E-state index contributed by atoms with van der Waals surface area (Å²) in [7, 11) is 1.70. The fourth-order valence-electron chi connectivity index (χ4n) is 1.63. The first kappa shape index (κ1) is 12.5. The maximum atomic E-state index is 11.6. The zero-order valence-corrected chi connectivity index (χ0v) is 9.66. The topological polar surface area (TPSA) is 79.9 Å². The summed E-state index contributed by atoms with van der Waals surface area (Å²) in [5.41, 5.74) is -0.745. The molecule has 16 heavy (non-hydrogen) atoms. The third kappa shape index (κ3) is 3.22. The maximum absolute atomic E-state index is 11.6. The number of amides is 1. The lowest BCUT2D eigenvalue weighted by molar-refractivity contribution is -0.123. The van der Waals surface area contributed by atoms with Crippen molar-refractivity contribution < 1.29 is 4.79 Å². The van der Waals surface area contributed by atoms with Crippen LogP contribution in [0.5, 0.6) is 0 Å². The first-order valence-electron chi connectivity index (χ1n) is 5.29. The molecule has 1 N–H and O–H groups in total. The molecule has 0 radical (unpaired) electrons. The highest BCUT2D eigenvalue weighted by molar-refractivity contribution is 5.79. The summed E-state index contributed by atoms with van der Waals surface area (Å²) in [6, 6.07) is 4.13. The van der Waals surface area contributed by atoms with Gasteiger partial charge in [0.2, 0.25) is 5.91 Å². The van der Waals surface area contributed by atoms with Crippen molar-refractivity contribution >= 4 is 5.91 Å². The predicted octanol–water partition coefficient (Wildman–Crippen LogP) is 0.250. The summed E-state index contributed by atoms with van der Waals surface area (Å²) in [4.78, 5) is 13.2. The molecule has 0 saturated heterocycles. The van der Waals surface area contributed by atoms with E-state index in [4.69, 9.17) is 10.5 Å². The Morgan fingerprint density at radius 2 is 2.19 bits per heavy atom. The van der Waals surface area contributed by atoms with E-state index >= 15 is 0 Å². The third-order valence-electron chi connectivity index (χ3n) is 2.78. The van der Waals surface area contributed by atoms with Crippen LogP contribution < -0.4 is 5.32 Å². The minimum absolute atomic E-state index is 0.150. The normalized spacial score (nSPS) is 18.3. The molecule has 1 amide bonds. The van der Waals surface area contributed by atoms with Crippen molar-refractivity contribution in [3.05, 3.63) is 0 Å². The maximum Gasteiger partial charge on any atom is 0.235 e. The van der Waals surface area contributed by atoms with Gasteiger partial charge < -0.3 is 5.32 Å². The molecule has 1 saturated carbocycles. The number of hydrogen-bond donors (Lipinski definition) is 1. The Hall–Kier alpha value is -1.59. The van der Waals surface area contributed by atoms with E-state index in [2.05, 4.69) is 11.4 Å². The third-order valence-corrected chi connectivity index (χ3v) is 2.78. The lowest BCUT2D eigenvalue weighted by atomic mass is 9.98. The van der Waals surface area contributed by atoms with Crippen molar-refractivity contribution in [3.8, 4) is 12.1 Å². The number of nitrogens with one attached hydrogen (secondary N) is 1. The lowest BCUT2D eigenvalue weighted by Crippen LogP contribution is -2.49. The van der Waals surface area contributed by atoms with Gasteiger partial charge in [-0.05, 0) is 32.7 Å². The van der Waals surface area contributed by atoms with Crippen molar-refractivity contribution in [1.82, 2.24) is 10.2 Å². The van der Waals surface area contributed by atoms with Gasteiger partial charge in [-0.25, -0.2) is 0 Å². The van der Waals surface area contributed by atoms with Gasteiger partial charge in [0.25, 0.3) is 0 Å². The van der Waals surface area contributed by atoms with E-state index < -0.39 is 5.54 Å². The second kappa shape index (κ2) is 4.96. The minimum Gasteiger partial charge on any atom is -0.337 e. The fourth-order valence-corrected chi connectivity index (χ4v) is 1.63. The van der Waals surface area contributed by atoms with Gasteiger partial charge in [0.15, 0.2) is 0 Å². The first-order valence-corrected chi connectivity index (χ1v) is 5.29. The van der Waals surface area contributed by atoms with Crippen LogP contribution in [0.4, 0.5) is 0 Å². The Kier molecular flexibility index (Phi) is 3.87.